The maximum Gasteiger partial charge on any atom is 0.331 e. The Morgan fingerprint density at radius 2 is 1.55 bits per heavy atom. The molecule has 0 aliphatic carbocycles. The van der Waals surface area contributed by atoms with Gasteiger partial charge < -0.3 is 9.64 Å². The molecule has 0 atom stereocenters. The van der Waals surface area contributed by atoms with Gasteiger partial charge in [0.1, 0.15) is 5.75 Å². The summed E-state index contributed by atoms with van der Waals surface area (Å²) in [6, 6.07) is 15.6. The van der Waals surface area contributed by atoms with E-state index in [1.807, 2.05) is 42.5 Å². The van der Waals surface area contributed by atoms with Crippen LogP contribution in [0.3, 0.4) is 0 Å². The quantitative estimate of drug-likeness (QED) is 0.469. The lowest BCUT2D eigenvalue weighted by molar-refractivity contribution is 0.244. The number of unbranched alkanes of at least 4 members (excludes halogenated alkanes) is 2. The molecule has 33 heavy (non-hydrogen) atoms. The number of rotatable bonds is 9. The summed E-state index contributed by atoms with van der Waals surface area (Å²) in [5.41, 5.74) is 1.48. The summed E-state index contributed by atoms with van der Waals surface area (Å²) >= 11 is 0. The molecule has 0 bridgehead atoms. The Kier molecular flexibility index (Phi) is 7.50. The fourth-order valence-corrected chi connectivity index (χ4v) is 4.65. The van der Waals surface area contributed by atoms with E-state index >= 15 is 0 Å². The van der Waals surface area contributed by atoms with Crippen molar-refractivity contribution < 1.29 is 4.74 Å². The van der Waals surface area contributed by atoms with Gasteiger partial charge in [0.05, 0.1) is 23.7 Å². The van der Waals surface area contributed by atoms with E-state index in [-0.39, 0.29) is 11.2 Å². The van der Waals surface area contributed by atoms with Crippen LogP contribution >= 0.6 is 0 Å². The zero-order chi connectivity index (χ0) is 23.2. The fourth-order valence-electron chi connectivity index (χ4n) is 4.65. The van der Waals surface area contributed by atoms with Crippen molar-refractivity contribution >= 4 is 16.6 Å². The van der Waals surface area contributed by atoms with Crippen molar-refractivity contribution in [3.8, 4) is 5.75 Å². The molecule has 4 rings (SSSR count). The smallest absolute Gasteiger partial charge is 0.331 e. The molecule has 176 valence electrons. The molecular weight excluding hydrogens is 416 g/mol. The number of anilines is 1. The van der Waals surface area contributed by atoms with Crippen LogP contribution in [0.4, 0.5) is 5.69 Å². The molecule has 0 spiro atoms. The Hall–Kier alpha value is -3.06. The maximum absolute atomic E-state index is 13.3. The van der Waals surface area contributed by atoms with Crippen molar-refractivity contribution in [3.63, 3.8) is 0 Å². The molecule has 0 saturated carbocycles. The van der Waals surface area contributed by atoms with Crippen molar-refractivity contribution in [2.75, 3.05) is 44.7 Å². The average molecular weight is 451 g/mol. The van der Waals surface area contributed by atoms with Crippen LogP contribution in [0.1, 0.15) is 26.2 Å². The number of benzene rings is 2. The largest absolute Gasteiger partial charge is 0.495 e. The Balaban J connectivity index is 1.47. The van der Waals surface area contributed by atoms with Gasteiger partial charge in [0.2, 0.25) is 0 Å². The lowest BCUT2D eigenvalue weighted by atomic mass is 10.2. The normalized spacial score (nSPS) is 14.7. The van der Waals surface area contributed by atoms with E-state index in [1.54, 1.807) is 11.7 Å². The zero-order valence-electron chi connectivity index (χ0n) is 19.7. The van der Waals surface area contributed by atoms with E-state index < -0.39 is 0 Å². The molecule has 1 aromatic heterocycles. The van der Waals surface area contributed by atoms with E-state index in [0.717, 1.165) is 62.4 Å². The van der Waals surface area contributed by atoms with Crippen LogP contribution < -0.4 is 20.9 Å². The lowest BCUT2D eigenvalue weighted by Gasteiger charge is -2.36. The van der Waals surface area contributed by atoms with Gasteiger partial charge in [-0.05, 0) is 30.7 Å². The summed E-state index contributed by atoms with van der Waals surface area (Å²) in [4.78, 5) is 31.0. The first kappa shape index (κ1) is 23.1. The number of hydrogen-bond donors (Lipinski definition) is 0. The second kappa shape index (κ2) is 10.7. The third kappa shape index (κ3) is 4.98. The standard InChI is InChI=1S/C26H34N4O3/c1-3-4-9-14-29-22-11-6-5-10-21(22)25(31)30(26(29)32)20-17-27-15-18-28(19-16-27)23-12-7-8-13-24(23)33-2/h5-8,10-13H,3-4,9,14-20H2,1-2H3. The number of fused-ring (bicyclic) bond motifs is 1. The van der Waals surface area contributed by atoms with Crippen LogP contribution in [0.25, 0.3) is 10.9 Å². The third-order valence-corrected chi connectivity index (χ3v) is 6.56. The number of para-hydroxylation sites is 3. The first-order chi connectivity index (χ1) is 16.1. The minimum absolute atomic E-state index is 0.185. The van der Waals surface area contributed by atoms with Gasteiger partial charge in [-0.2, -0.15) is 0 Å². The summed E-state index contributed by atoms with van der Waals surface area (Å²) < 4.78 is 8.72. The Bertz CT molecular complexity index is 1190. The van der Waals surface area contributed by atoms with Gasteiger partial charge in [-0.15, -0.1) is 0 Å². The molecule has 0 radical (unpaired) electrons. The average Bonchev–Trinajstić information content (AvgIpc) is 2.86. The highest BCUT2D eigenvalue weighted by Crippen LogP contribution is 2.28. The van der Waals surface area contributed by atoms with Crippen LogP contribution in [0, 0.1) is 0 Å². The predicted molar refractivity (Wildman–Crippen MR) is 134 cm³/mol. The molecule has 1 saturated heterocycles. The van der Waals surface area contributed by atoms with E-state index in [9.17, 15) is 9.59 Å². The van der Waals surface area contributed by atoms with Crippen molar-refractivity contribution in [3.05, 3.63) is 69.4 Å². The second-order valence-electron chi connectivity index (χ2n) is 8.62. The van der Waals surface area contributed by atoms with E-state index in [0.29, 0.717) is 25.0 Å². The van der Waals surface area contributed by atoms with Gasteiger partial charge >= 0.3 is 5.69 Å². The van der Waals surface area contributed by atoms with Crippen LogP contribution in [0.5, 0.6) is 5.75 Å². The van der Waals surface area contributed by atoms with Crippen LogP contribution in [0.2, 0.25) is 0 Å². The van der Waals surface area contributed by atoms with Crippen molar-refractivity contribution in [2.24, 2.45) is 0 Å². The zero-order valence-corrected chi connectivity index (χ0v) is 19.7. The highest BCUT2D eigenvalue weighted by molar-refractivity contribution is 5.77. The lowest BCUT2D eigenvalue weighted by Crippen LogP contribution is -2.49. The third-order valence-electron chi connectivity index (χ3n) is 6.56. The summed E-state index contributed by atoms with van der Waals surface area (Å²) in [7, 11) is 1.70. The summed E-state index contributed by atoms with van der Waals surface area (Å²) in [6.07, 6.45) is 3.09. The maximum atomic E-state index is 13.3. The Labute approximate surface area is 194 Å². The van der Waals surface area contributed by atoms with Gasteiger partial charge in [-0.25, -0.2) is 4.79 Å². The summed E-state index contributed by atoms with van der Waals surface area (Å²) in [5.74, 6) is 0.886. The van der Waals surface area contributed by atoms with Crippen LogP contribution in [0.15, 0.2) is 58.1 Å². The molecular formula is C26H34N4O3. The van der Waals surface area contributed by atoms with E-state index in [2.05, 4.69) is 22.8 Å². The number of aryl methyl sites for hydroxylation is 1. The molecule has 0 amide bonds. The minimum atomic E-state index is -0.192. The summed E-state index contributed by atoms with van der Waals surface area (Å²) in [5, 5.41) is 0.620. The summed E-state index contributed by atoms with van der Waals surface area (Å²) in [6.45, 7) is 7.41. The molecule has 2 heterocycles. The van der Waals surface area contributed by atoms with Gasteiger partial charge in [0.25, 0.3) is 5.56 Å². The number of ether oxygens (including phenoxy) is 1. The topological polar surface area (TPSA) is 59.7 Å². The molecule has 1 aliphatic heterocycles. The van der Waals surface area contributed by atoms with E-state index in [4.69, 9.17) is 4.74 Å². The van der Waals surface area contributed by atoms with Crippen molar-refractivity contribution in [1.29, 1.82) is 0 Å². The minimum Gasteiger partial charge on any atom is -0.495 e. The number of piperazine rings is 1. The molecule has 1 fully saturated rings. The first-order valence-corrected chi connectivity index (χ1v) is 12.0. The molecule has 0 unspecified atom stereocenters. The molecule has 1 aliphatic rings. The number of nitrogens with zero attached hydrogens (tertiary/aromatic N) is 4. The van der Waals surface area contributed by atoms with Gasteiger partial charge in [0.15, 0.2) is 0 Å². The Morgan fingerprint density at radius 3 is 2.30 bits per heavy atom. The number of hydrogen-bond acceptors (Lipinski definition) is 5. The molecule has 2 aromatic carbocycles. The molecule has 7 nitrogen and oxygen atoms in total. The number of aromatic nitrogens is 2. The second-order valence-corrected chi connectivity index (χ2v) is 8.62. The van der Waals surface area contributed by atoms with Crippen LogP contribution in [-0.4, -0.2) is 53.9 Å². The van der Waals surface area contributed by atoms with Crippen molar-refractivity contribution in [2.45, 2.75) is 39.3 Å². The molecule has 0 N–H and O–H groups in total. The number of methoxy groups -OCH3 is 1. The van der Waals surface area contributed by atoms with E-state index in [1.165, 1.54) is 4.57 Å². The van der Waals surface area contributed by atoms with Gasteiger partial charge in [0, 0.05) is 45.8 Å². The molecule has 7 heteroatoms. The highest BCUT2D eigenvalue weighted by Gasteiger charge is 2.20. The fraction of sp³-hybridized carbons (Fsp3) is 0.462. The van der Waals surface area contributed by atoms with Crippen LogP contribution in [-0.2, 0) is 13.1 Å². The van der Waals surface area contributed by atoms with Gasteiger partial charge in [-0.1, -0.05) is 44.0 Å². The van der Waals surface area contributed by atoms with Gasteiger partial charge in [-0.3, -0.25) is 18.8 Å². The first-order valence-electron chi connectivity index (χ1n) is 12.0. The Morgan fingerprint density at radius 1 is 0.818 bits per heavy atom. The highest BCUT2D eigenvalue weighted by atomic mass is 16.5. The predicted octanol–water partition coefficient (Wildman–Crippen LogP) is 3.18. The van der Waals surface area contributed by atoms with Crippen molar-refractivity contribution in [1.82, 2.24) is 14.0 Å². The SMILES string of the molecule is CCCCCn1c(=O)n(CCN2CCN(c3ccccc3OC)CC2)c(=O)c2ccccc21. The monoisotopic (exact) mass is 450 g/mol. The molecule has 3 aromatic rings.